The molecular weight excluding hydrogens is 389 g/mol. The summed E-state index contributed by atoms with van der Waals surface area (Å²) in [6.45, 7) is 1.76. The number of benzene rings is 2. The molecule has 0 heterocycles. The average Bonchev–Trinajstić information content (AvgIpc) is 2.63. The van der Waals surface area contributed by atoms with Crippen LogP contribution in [0.3, 0.4) is 0 Å². The maximum absolute atomic E-state index is 12.5. The van der Waals surface area contributed by atoms with Gasteiger partial charge in [-0.05, 0) is 56.4 Å². The highest BCUT2D eigenvalue weighted by Gasteiger charge is 2.21. The van der Waals surface area contributed by atoms with Crippen LogP contribution in [0.25, 0.3) is 0 Å². The van der Waals surface area contributed by atoms with E-state index in [1.807, 2.05) is 0 Å². The first-order chi connectivity index (χ1) is 12.8. The van der Waals surface area contributed by atoms with Gasteiger partial charge in [-0.25, -0.2) is 0 Å². The van der Waals surface area contributed by atoms with Gasteiger partial charge in [0, 0.05) is 15.7 Å². The van der Waals surface area contributed by atoms with Gasteiger partial charge in [-0.1, -0.05) is 23.2 Å². The Labute approximate surface area is 168 Å². The Morgan fingerprint density at radius 2 is 1.70 bits per heavy atom. The van der Waals surface area contributed by atoms with Gasteiger partial charge < -0.3 is 15.4 Å². The molecule has 1 atom stereocenters. The van der Waals surface area contributed by atoms with Crippen molar-refractivity contribution in [3.8, 4) is 5.75 Å². The van der Waals surface area contributed by atoms with Crippen LogP contribution >= 0.6 is 23.2 Å². The van der Waals surface area contributed by atoms with E-state index in [0.717, 1.165) is 0 Å². The van der Waals surface area contributed by atoms with Gasteiger partial charge in [-0.3, -0.25) is 14.5 Å². The standard InChI is InChI=1S/C19H21Cl2N3O3/c1-12(19(26)23-16-10-14(21)6-9-17(16)27-3)24(2)11-18(25)22-15-7-4-13(20)5-8-15/h4-10,12H,11H2,1-3H3,(H,22,25)(H,23,26)/t12-/m1/s1. The third-order valence-corrected chi connectivity index (χ3v) is 4.47. The molecule has 0 aliphatic heterocycles. The van der Waals surface area contributed by atoms with Crippen molar-refractivity contribution < 1.29 is 14.3 Å². The lowest BCUT2D eigenvalue weighted by atomic mass is 10.2. The molecule has 0 unspecified atom stereocenters. The van der Waals surface area contributed by atoms with E-state index in [1.54, 1.807) is 61.3 Å². The molecule has 27 heavy (non-hydrogen) atoms. The number of nitrogens with zero attached hydrogens (tertiary/aromatic N) is 1. The third kappa shape index (κ3) is 6.13. The zero-order valence-electron chi connectivity index (χ0n) is 15.3. The number of carbonyl (C=O) groups excluding carboxylic acids is 2. The highest BCUT2D eigenvalue weighted by Crippen LogP contribution is 2.27. The van der Waals surface area contributed by atoms with Crippen LogP contribution in [0.4, 0.5) is 11.4 Å². The van der Waals surface area contributed by atoms with Crippen molar-refractivity contribution in [1.29, 1.82) is 0 Å². The fraction of sp³-hybridized carbons (Fsp3) is 0.263. The lowest BCUT2D eigenvalue weighted by molar-refractivity contribution is -0.122. The molecule has 0 bridgehead atoms. The molecule has 2 amide bonds. The van der Waals surface area contributed by atoms with Crippen molar-refractivity contribution >= 4 is 46.4 Å². The molecule has 0 radical (unpaired) electrons. The number of likely N-dealkylation sites (N-methyl/N-ethyl adjacent to an activating group) is 1. The zero-order valence-corrected chi connectivity index (χ0v) is 16.8. The van der Waals surface area contributed by atoms with Gasteiger partial charge in [0.05, 0.1) is 25.4 Å². The second-order valence-corrected chi connectivity index (χ2v) is 6.85. The molecule has 6 nitrogen and oxygen atoms in total. The minimum atomic E-state index is -0.551. The van der Waals surface area contributed by atoms with E-state index in [0.29, 0.717) is 27.2 Å². The monoisotopic (exact) mass is 409 g/mol. The first kappa shape index (κ1) is 21.0. The van der Waals surface area contributed by atoms with Crippen LogP contribution in [0.15, 0.2) is 42.5 Å². The molecule has 0 aliphatic rings. The summed E-state index contributed by atoms with van der Waals surface area (Å²) in [7, 11) is 3.20. The predicted molar refractivity (Wildman–Crippen MR) is 109 cm³/mol. The Bertz CT molecular complexity index is 812. The smallest absolute Gasteiger partial charge is 0.241 e. The zero-order chi connectivity index (χ0) is 20.0. The van der Waals surface area contributed by atoms with E-state index in [9.17, 15) is 9.59 Å². The van der Waals surface area contributed by atoms with E-state index in [1.165, 1.54) is 7.11 Å². The number of rotatable bonds is 7. The van der Waals surface area contributed by atoms with E-state index in [2.05, 4.69) is 10.6 Å². The minimum absolute atomic E-state index is 0.0455. The molecule has 0 fully saturated rings. The van der Waals surface area contributed by atoms with Crippen LogP contribution in [0.2, 0.25) is 10.0 Å². The van der Waals surface area contributed by atoms with Crippen molar-refractivity contribution in [2.24, 2.45) is 0 Å². The van der Waals surface area contributed by atoms with Gasteiger partial charge >= 0.3 is 0 Å². The summed E-state index contributed by atoms with van der Waals surface area (Å²) in [5.41, 5.74) is 1.11. The second-order valence-electron chi connectivity index (χ2n) is 5.98. The Balaban J connectivity index is 1.94. The second kappa shape index (κ2) is 9.60. The molecule has 0 aromatic heterocycles. The first-order valence-electron chi connectivity index (χ1n) is 8.20. The van der Waals surface area contributed by atoms with E-state index < -0.39 is 6.04 Å². The SMILES string of the molecule is COc1ccc(Cl)cc1NC(=O)[C@@H](C)N(C)CC(=O)Nc1ccc(Cl)cc1. The number of carbonyl (C=O) groups is 2. The molecule has 2 N–H and O–H groups in total. The number of nitrogens with one attached hydrogen (secondary N) is 2. The quantitative estimate of drug-likeness (QED) is 0.727. The molecule has 0 saturated carbocycles. The van der Waals surface area contributed by atoms with E-state index in [4.69, 9.17) is 27.9 Å². The van der Waals surface area contributed by atoms with Crippen molar-refractivity contribution in [2.75, 3.05) is 31.3 Å². The highest BCUT2D eigenvalue weighted by molar-refractivity contribution is 6.31. The van der Waals surface area contributed by atoms with Crippen molar-refractivity contribution in [2.45, 2.75) is 13.0 Å². The van der Waals surface area contributed by atoms with Crippen molar-refractivity contribution in [3.63, 3.8) is 0 Å². The van der Waals surface area contributed by atoms with Gasteiger partial charge in [-0.2, -0.15) is 0 Å². The van der Waals surface area contributed by atoms with E-state index >= 15 is 0 Å². The minimum Gasteiger partial charge on any atom is -0.495 e. The summed E-state index contributed by atoms with van der Waals surface area (Å²) in [6, 6.07) is 11.2. The first-order valence-corrected chi connectivity index (χ1v) is 8.96. The van der Waals surface area contributed by atoms with Gasteiger partial charge in [-0.15, -0.1) is 0 Å². The van der Waals surface area contributed by atoms with Crippen molar-refractivity contribution in [3.05, 3.63) is 52.5 Å². The Hall–Kier alpha value is -2.28. The molecule has 2 rings (SSSR count). The van der Waals surface area contributed by atoms with E-state index in [-0.39, 0.29) is 18.4 Å². The van der Waals surface area contributed by atoms with Gasteiger partial charge in [0.1, 0.15) is 5.75 Å². The lowest BCUT2D eigenvalue weighted by Gasteiger charge is -2.23. The average molecular weight is 410 g/mol. The number of hydrogen-bond donors (Lipinski definition) is 2. The maximum Gasteiger partial charge on any atom is 0.241 e. The molecule has 0 aliphatic carbocycles. The molecule has 8 heteroatoms. The number of anilines is 2. The number of halogens is 2. The van der Waals surface area contributed by atoms with Crippen LogP contribution in [0, 0.1) is 0 Å². The van der Waals surface area contributed by atoms with Crippen molar-refractivity contribution in [1.82, 2.24) is 4.90 Å². The molecular formula is C19H21Cl2N3O3. The number of ether oxygens (including phenoxy) is 1. The van der Waals surface area contributed by atoms with Crippen LogP contribution < -0.4 is 15.4 Å². The summed E-state index contributed by atoms with van der Waals surface area (Å²) >= 11 is 11.8. The topological polar surface area (TPSA) is 70.7 Å². The Morgan fingerprint density at radius 1 is 1.07 bits per heavy atom. The van der Waals surface area contributed by atoms with Gasteiger partial charge in [0.25, 0.3) is 0 Å². The number of hydrogen-bond acceptors (Lipinski definition) is 4. The van der Waals surface area contributed by atoms with Crippen LogP contribution in [0.5, 0.6) is 5.75 Å². The van der Waals surface area contributed by atoms with Crippen LogP contribution in [0.1, 0.15) is 6.92 Å². The third-order valence-electron chi connectivity index (χ3n) is 3.98. The Morgan fingerprint density at radius 3 is 2.33 bits per heavy atom. The number of methoxy groups -OCH3 is 1. The Kier molecular flexibility index (Phi) is 7.47. The number of amides is 2. The largest absolute Gasteiger partial charge is 0.495 e. The molecule has 144 valence electrons. The maximum atomic E-state index is 12.5. The summed E-state index contributed by atoms with van der Waals surface area (Å²) in [6.07, 6.45) is 0. The summed E-state index contributed by atoms with van der Waals surface area (Å²) in [5, 5.41) is 6.61. The fourth-order valence-corrected chi connectivity index (χ4v) is 2.61. The van der Waals surface area contributed by atoms with Gasteiger partial charge in [0.2, 0.25) is 11.8 Å². The molecule has 2 aromatic carbocycles. The van der Waals surface area contributed by atoms with Crippen LogP contribution in [-0.4, -0.2) is 43.5 Å². The molecule has 2 aromatic rings. The summed E-state index contributed by atoms with van der Waals surface area (Å²) in [4.78, 5) is 26.3. The highest BCUT2D eigenvalue weighted by atomic mass is 35.5. The predicted octanol–water partition coefficient (Wildman–Crippen LogP) is 3.90. The molecule has 0 spiro atoms. The lowest BCUT2D eigenvalue weighted by Crippen LogP contribution is -2.43. The van der Waals surface area contributed by atoms with Crippen LogP contribution in [-0.2, 0) is 9.59 Å². The normalized spacial score (nSPS) is 11.8. The molecule has 0 saturated heterocycles. The fourth-order valence-electron chi connectivity index (χ4n) is 2.31. The van der Waals surface area contributed by atoms with Gasteiger partial charge in [0.15, 0.2) is 0 Å². The summed E-state index contributed by atoms with van der Waals surface area (Å²) in [5.74, 6) is -0.0137. The summed E-state index contributed by atoms with van der Waals surface area (Å²) < 4.78 is 5.22.